The second-order valence-corrected chi connectivity index (χ2v) is 5.69. The summed E-state index contributed by atoms with van der Waals surface area (Å²) >= 11 is 4.99. The second-order valence-electron chi connectivity index (χ2n) is 5.28. The fourth-order valence-corrected chi connectivity index (χ4v) is 2.56. The average molecular weight is 321 g/mol. The van der Waals surface area contributed by atoms with E-state index in [1.54, 1.807) is 0 Å². The number of carbonyl (C=O) groups is 2. The lowest BCUT2D eigenvalue weighted by Gasteiger charge is -2.21. The van der Waals surface area contributed by atoms with E-state index >= 15 is 0 Å². The van der Waals surface area contributed by atoms with Crippen LogP contribution in [0.25, 0.3) is 0 Å². The van der Waals surface area contributed by atoms with Gasteiger partial charge in [-0.2, -0.15) is 0 Å². The normalized spacial score (nSPS) is 14.9. The fraction of sp³-hybridized carbons (Fsp3) is 0.400. The molecule has 0 atom stereocenters. The summed E-state index contributed by atoms with van der Waals surface area (Å²) in [6, 6.07) is 5.79. The first-order chi connectivity index (χ1) is 10.6. The molecule has 0 radical (unpaired) electrons. The van der Waals surface area contributed by atoms with Gasteiger partial charge in [0.1, 0.15) is 5.75 Å². The lowest BCUT2D eigenvalue weighted by atomic mass is 9.89. The molecule has 1 aromatic carbocycles. The highest BCUT2D eigenvalue weighted by molar-refractivity contribution is 7.80. The Balaban J connectivity index is 1.76. The van der Waals surface area contributed by atoms with E-state index in [1.165, 1.54) is 30.7 Å². The molecule has 0 heterocycles. The topological polar surface area (TPSA) is 90.5 Å². The quantitative estimate of drug-likeness (QED) is 0.491. The van der Waals surface area contributed by atoms with E-state index in [2.05, 4.69) is 16.2 Å². The van der Waals surface area contributed by atoms with Crippen LogP contribution in [0.1, 0.15) is 42.5 Å². The van der Waals surface area contributed by atoms with Crippen molar-refractivity contribution in [3.8, 4) is 5.75 Å². The molecule has 0 aromatic heterocycles. The molecule has 4 N–H and O–H groups in total. The van der Waals surface area contributed by atoms with Crippen LogP contribution in [0.5, 0.6) is 5.75 Å². The smallest absolute Gasteiger partial charge is 0.269 e. The van der Waals surface area contributed by atoms with Crippen molar-refractivity contribution in [1.29, 1.82) is 0 Å². The van der Waals surface area contributed by atoms with E-state index in [0.717, 1.165) is 25.7 Å². The SMILES string of the molecule is O=C(NNC(=S)NC(=O)C1CCCCC1)c1ccc(O)cc1. The first-order valence-electron chi connectivity index (χ1n) is 7.26. The Hall–Kier alpha value is -2.15. The summed E-state index contributed by atoms with van der Waals surface area (Å²) in [6.07, 6.45) is 5.07. The summed E-state index contributed by atoms with van der Waals surface area (Å²) < 4.78 is 0. The Morgan fingerprint density at radius 1 is 1.05 bits per heavy atom. The van der Waals surface area contributed by atoms with Gasteiger partial charge < -0.3 is 10.4 Å². The van der Waals surface area contributed by atoms with Crippen LogP contribution in [0.15, 0.2) is 24.3 Å². The standard InChI is InChI=1S/C15H19N3O3S/c19-12-8-6-11(7-9-12)14(21)17-18-15(22)16-13(20)10-4-2-1-3-5-10/h6-10,19H,1-5H2,(H,17,21)(H2,16,18,20,22). The van der Waals surface area contributed by atoms with Crippen molar-refractivity contribution in [2.75, 3.05) is 0 Å². The van der Waals surface area contributed by atoms with Gasteiger partial charge in [0.15, 0.2) is 5.11 Å². The molecule has 22 heavy (non-hydrogen) atoms. The van der Waals surface area contributed by atoms with Crippen LogP contribution in [0.3, 0.4) is 0 Å². The molecule has 1 aliphatic carbocycles. The molecule has 118 valence electrons. The van der Waals surface area contributed by atoms with Crippen molar-refractivity contribution in [2.24, 2.45) is 5.92 Å². The molecule has 0 spiro atoms. The maximum atomic E-state index is 12.0. The molecule has 1 saturated carbocycles. The zero-order valence-corrected chi connectivity index (χ0v) is 12.9. The number of hydrazine groups is 1. The maximum absolute atomic E-state index is 12.0. The Bertz CT molecular complexity index is 554. The number of phenolic OH excluding ortho intramolecular Hbond substituents is 1. The summed E-state index contributed by atoms with van der Waals surface area (Å²) in [6.45, 7) is 0. The highest BCUT2D eigenvalue weighted by Gasteiger charge is 2.21. The molecule has 1 fully saturated rings. The number of aromatic hydroxyl groups is 1. The third-order valence-electron chi connectivity index (χ3n) is 3.63. The van der Waals surface area contributed by atoms with Crippen molar-refractivity contribution in [3.05, 3.63) is 29.8 Å². The zero-order chi connectivity index (χ0) is 15.9. The number of amides is 2. The summed E-state index contributed by atoms with van der Waals surface area (Å²) in [5.74, 6) is -0.425. The average Bonchev–Trinajstić information content (AvgIpc) is 2.54. The lowest BCUT2D eigenvalue weighted by molar-refractivity contribution is -0.124. The minimum Gasteiger partial charge on any atom is -0.508 e. The number of phenols is 1. The first-order valence-corrected chi connectivity index (χ1v) is 7.67. The largest absolute Gasteiger partial charge is 0.508 e. The predicted octanol–water partition coefficient (Wildman–Crippen LogP) is 1.61. The van der Waals surface area contributed by atoms with Gasteiger partial charge in [0.2, 0.25) is 5.91 Å². The van der Waals surface area contributed by atoms with Gasteiger partial charge in [-0.3, -0.25) is 20.4 Å². The van der Waals surface area contributed by atoms with E-state index in [-0.39, 0.29) is 22.7 Å². The Morgan fingerprint density at radius 2 is 1.68 bits per heavy atom. The second kappa shape index (κ2) is 7.74. The van der Waals surface area contributed by atoms with Crippen LogP contribution < -0.4 is 16.2 Å². The number of hydrogen-bond donors (Lipinski definition) is 4. The van der Waals surface area contributed by atoms with Crippen LogP contribution in [0, 0.1) is 5.92 Å². The van der Waals surface area contributed by atoms with E-state index < -0.39 is 5.91 Å². The Morgan fingerprint density at radius 3 is 2.32 bits per heavy atom. The number of thiocarbonyl (C=S) groups is 1. The number of carbonyl (C=O) groups excluding carboxylic acids is 2. The fourth-order valence-electron chi connectivity index (χ4n) is 2.41. The van der Waals surface area contributed by atoms with Crippen LogP contribution in [-0.2, 0) is 4.79 Å². The van der Waals surface area contributed by atoms with E-state index in [9.17, 15) is 9.59 Å². The maximum Gasteiger partial charge on any atom is 0.269 e. The molecule has 7 heteroatoms. The van der Waals surface area contributed by atoms with Gasteiger partial charge in [0.25, 0.3) is 5.91 Å². The van der Waals surface area contributed by atoms with Gasteiger partial charge in [0.05, 0.1) is 0 Å². The Labute approximate surface area is 134 Å². The number of hydrogen-bond acceptors (Lipinski definition) is 4. The summed E-state index contributed by atoms with van der Waals surface area (Å²) in [7, 11) is 0. The van der Waals surface area contributed by atoms with Crippen LogP contribution in [0.4, 0.5) is 0 Å². The summed E-state index contributed by atoms with van der Waals surface area (Å²) in [4.78, 5) is 23.8. The monoisotopic (exact) mass is 321 g/mol. The van der Waals surface area contributed by atoms with Gasteiger partial charge in [0, 0.05) is 11.5 Å². The van der Waals surface area contributed by atoms with E-state index in [1.807, 2.05) is 0 Å². The summed E-state index contributed by atoms with van der Waals surface area (Å²) in [5.41, 5.74) is 5.27. The third kappa shape index (κ3) is 4.70. The number of benzene rings is 1. The van der Waals surface area contributed by atoms with Crippen molar-refractivity contribution in [2.45, 2.75) is 32.1 Å². The van der Waals surface area contributed by atoms with E-state index in [4.69, 9.17) is 17.3 Å². The lowest BCUT2D eigenvalue weighted by Crippen LogP contribution is -2.49. The molecule has 1 aliphatic rings. The molecule has 0 bridgehead atoms. The van der Waals surface area contributed by atoms with Crippen LogP contribution in [0.2, 0.25) is 0 Å². The number of nitrogens with one attached hydrogen (secondary N) is 3. The molecule has 0 aliphatic heterocycles. The van der Waals surface area contributed by atoms with Crippen LogP contribution >= 0.6 is 12.2 Å². The van der Waals surface area contributed by atoms with Crippen molar-refractivity contribution in [1.82, 2.24) is 16.2 Å². The molecular formula is C15H19N3O3S. The van der Waals surface area contributed by atoms with Crippen molar-refractivity contribution >= 4 is 29.1 Å². The van der Waals surface area contributed by atoms with Crippen LogP contribution in [-0.4, -0.2) is 22.0 Å². The third-order valence-corrected chi connectivity index (χ3v) is 3.84. The molecule has 2 rings (SSSR count). The molecule has 6 nitrogen and oxygen atoms in total. The van der Waals surface area contributed by atoms with E-state index in [0.29, 0.717) is 5.56 Å². The van der Waals surface area contributed by atoms with Gasteiger partial charge >= 0.3 is 0 Å². The zero-order valence-electron chi connectivity index (χ0n) is 12.1. The molecular weight excluding hydrogens is 302 g/mol. The molecule has 0 saturated heterocycles. The van der Waals surface area contributed by atoms with Gasteiger partial charge in [-0.1, -0.05) is 19.3 Å². The molecule has 2 amide bonds. The number of rotatable bonds is 2. The minimum absolute atomic E-state index is 0.00120. The van der Waals surface area contributed by atoms with Crippen molar-refractivity contribution in [3.63, 3.8) is 0 Å². The highest BCUT2D eigenvalue weighted by Crippen LogP contribution is 2.23. The summed E-state index contributed by atoms with van der Waals surface area (Å²) in [5, 5.41) is 11.8. The highest BCUT2D eigenvalue weighted by atomic mass is 32.1. The van der Waals surface area contributed by atoms with Gasteiger partial charge in [-0.15, -0.1) is 0 Å². The minimum atomic E-state index is -0.408. The molecule has 0 unspecified atom stereocenters. The predicted molar refractivity (Wildman–Crippen MR) is 86.0 cm³/mol. The van der Waals surface area contributed by atoms with Crippen molar-refractivity contribution < 1.29 is 14.7 Å². The van der Waals surface area contributed by atoms with Gasteiger partial charge in [-0.25, -0.2) is 0 Å². The Kier molecular flexibility index (Phi) is 5.71. The molecule has 1 aromatic rings. The first kappa shape index (κ1) is 16.2. The van der Waals surface area contributed by atoms with Gasteiger partial charge in [-0.05, 0) is 49.3 Å².